The van der Waals surface area contributed by atoms with Crippen molar-refractivity contribution in [1.82, 2.24) is 19.8 Å². The van der Waals surface area contributed by atoms with E-state index in [-0.39, 0.29) is 31.3 Å². The van der Waals surface area contributed by atoms with E-state index in [2.05, 4.69) is 9.97 Å². The third kappa shape index (κ3) is 9.31. The summed E-state index contributed by atoms with van der Waals surface area (Å²) in [6.07, 6.45) is 5.63. The number of hydrogen-bond acceptors (Lipinski definition) is 8. The quantitative estimate of drug-likeness (QED) is 0.566. The fraction of sp³-hybridized carbons (Fsp3) is 0.533. The molecule has 0 radical (unpaired) electrons. The number of amides is 2. The van der Waals surface area contributed by atoms with Crippen LogP contribution in [-0.2, 0) is 22.7 Å². The zero-order chi connectivity index (χ0) is 29.5. The summed E-state index contributed by atoms with van der Waals surface area (Å²) in [5, 5.41) is 18.3. The van der Waals surface area contributed by atoms with Crippen LogP contribution in [-0.4, -0.2) is 79.5 Å². The Hall–Kier alpha value is -3.50. The molecule has 0 bridgehead atoms. The van der Waals surface area contributed by atoms with Crippen LogP contribution in [0.1, 0.15) is 76.4 Å². The van der Waals surface area contributed by atoms with Crippen molar-refractivity contribution >= 4 is 17.8 Å². The minimum atomic E-state index is -0.491. The van der Waals surface area contributed by atoms with Crippen molar-refractivity contribution < 1.29 is 29.3 Å². The van der Waals surface area contributed by atoms with Crippen LogP contribution in [0.2, 0.25) is 0 Å². The minimum Gasteiger partial charge on any atom is -0.444 e. The first kappa shape index (κ1) is 31.0. The van der Waals surface area contributed by atoms with Crippen molar-refractivity contribution in [1.29, 1.82) is 0 Å². The molecule has 1 atom stereocenters. The molecule has 4 rings (SSSR count). The van der Waals surface area contributed by atoms with Gasteiger partial charge >= 0.3 is 12.2 Å². The van der Waals surface area contributed by atoms with E-state index in [4.69, 9.17) is 19.7 Å². The van der Waals surface area contributed by atoms with Gasteiger partial charge in [-0.15, -0.1) is 0 Å². The number of nitrogens with zero attached hydrogens (tertiary/aromatic N) is 4. The van der Waals surface area contributed by atoms with Gasteiger partial charge in [0.15, 0.2) is 0 Å². The molecule has 2 aromatic rings. The SMILES string of the molecule is CC(C)(C)OC(=O)N1CC=C(c2cc(CO)ccn2)C1.CC(C)(C)OC(=O)N1CCC(c2cc(CO)ccn2)C1. The maximum Gasteiger partial charge on any atom is 0.410 e. The second-order valence-electron chi connectivity index (χ2n) is 12.0. The predicted octanol–water partition coefficient (Wildman–Crippen LogP) is 4.51. The molecule has 10 heteroatoms. The van der Waals surface area contributed by atoms with Gasteiger partial charge in [0.05, 0.1) is 25.5 Å². The summed E-state index contributed by atoms with van der Waals surface area (Å²) in [6, 6.07) is 7.31. The maximum atomic E-state index is 12.0. The van der Waals surface area contributed by atoms with Gasteiger partial charge in [0.1, 0.15) is 11.2 Å². The zero-order valence-electron chi connectivity index (χ0n) is 24.4. The second-order valence-corrected chi connectivity index (χ2v) is 12.0. The number of pyridine rings is 2. The van der Waals surface area contributed by atoms with E-state index in [0.29, 0.717) is 26.2 Å². The number of aliphatic hydroxyl groups is 2. The Bertz CT molecular complexity index is 1180. The predicted molar refractivity (Wildman–Crippen MR) is 151 cm³/mol. The van der Waals surface area contributed by atoms with Crippen LogP contribution in [0.5, 0.6) is 0 Å². The lowest BCUT2D eigenvalue weighted by Crippen LogP contribution is -2.35. The van der Waals surface area contributed by atoms with Gasteiger partial charge in [-0.1, -0.05) is 6.08 Å². The van der Waals surface area contributed by atoms with Crippen LogP contribution in [0.15, 0.2) is 42.7 Å². The molecule has 0 aliphatic carbocycles. The molecule has 2 aliphatic heterocycles. The minimum absolute atomic E-state index is 0.0119. The molecule has 218 valence electrons. The van der Waals surface area contributed by atoms with Gasteiger partial charge in [0.25, 0.3) is 0 Å². The van der Waals surface area contributed by atoms with E-state index < -0.39 is 11.2 Å². The zero-order valence-corrected chi connectivity index (χ0v) is 24.4. The standard InChI is InChI=1S/C15H22N2O3.C15H20N2O3/c2*1-15(2,3)20-14(19)17-7-5-12(9-17)13-8-11(10-18)4-6-16-13/h4,6,8,12,18H,5,7,9-10H2,1-3H3;4-6,8,18H,7,9-10H2,1-3H3. The van der Waals surface area contributed by atoms with Crippen molar-refractivity contribution in [3.8, 4) is 0 Å². The van der Waals surface area contributed by atoms with E-state index in [9.17, 15) is 9.59 Å². The van der Waals surface area contributed by atoms with Crippen LogP contribution in [0.3, 0.4) is 0 Å². The Morgan fingerprint density at radius 2 is 1.48 bits per heavy atom. The summed E-state index contributed by atoms with van der Waals surface area (Å²) >= 11 is 0. The molecule has 0 aromatic carbocycles. The van der Waals surface area contributed by atoms with Crippen LogP contribution >= 0.6 is 0 Å². The number of rotatable bonds is 4. The Kier molecular flexibility index (Phi) is 10.3. The number of aliphatic hydroxyl groups excluding tert-OH is 2. The van der Waals surface area contributed by atoms with Crippen molar-refractivity contribution in [2.24, 2.45) is 0 Å². The first-order valence-electron chi connectivity index (χ1n) is 13.5. The van der Waals surface area contributed by atoms with Gasteiger partial charge in [-0.05, 0) is 88.9 Å². The number of likely N-dealkylation sites (tertiary alicyclic amines) is 1. The molecule has 0 saturated carbocycles. The third-order valence-electron chi connectivity index (χ3n) is 6.19. The summed E-state index contributed by atoms with van der Waals surface area (Å²) in [5.41, 5.74) is 3.41. The Morgan fingerprint density at radius 1 is 0.900 bits per heavy atom. The number of aromatic nitrogens is 2. The highest BCUT2D eigenvalue weighted by atomic mass is 16.6. The lowest BCUT2D eigenvalue weighted by Gasteiger charge is -2.24. The van der Waals surface area contributed by atoms with Gasteiger partial charge in [-0.25, -0.2) is 9.59 Å². The monoisotopic (exact) mass is 554 g/mol. The summed E-state index contributed by atoms with van der Waals surface area (Å²) < 4.78 is 10.7. The fourth-order valence-electron chi connectivity index (χ4n) is 4.26. The van der Waals surface area contributed by atoms with Gasteiger partial charge in [0, 0.05) is 43.6 Å². The van der Waals surface area contributed by atoms with Gasteiger partial charge in [-0.2, -0.15) is 0 Å². The highest BCUT2D eigenvalue weighted by Gasteiger charge is 2.31. The molecular weight excluding hydrogens is 512 g/mol. The summed E-state index contributed by atoms with van der Waals surface area (Å²) in [7, 11) is 0. The van der Waals surface area contributed by atoms with Crippen LogP contribution in [0.4, 0.5) is 9.59 Å². The van der Waals surface area contributed by atoms with E-state index in [1.807, 2.05) is 59.8 Å². The van der Waals surface area contributed by atoms with Crippen molar-refractivity contribution in [2.45, 2.75) is 78.3 Å². The highest BCUT2D eigenvalue weighted by Crippen LogP contribution is 2.27. The first-order valence-corrected chi connectivity index (χ1v) is 13.5. The summed E-state index contributed by atoms with van der Waals surface area (Å²) in [5.74, 6) is 0.217. The average molecular weight is 555 g/mol. The Balaban J connectivity index is 0.000000220. The van der Waals surface area contributed by atoms with Gasteiger partial charge in [0.2, 0.25) is 0 Å². The van der Waals surface area contributed by atoms with E-state index >= 15 is 0 Å². The van der Waals surface area contributed by atoms with Gasteiger partial charge in [-0.3, -0.25) is 9.97 Å². The lowest BCUT2D eigenvalue weighted by molar-refractivity contribution is 0.0286. The molecular formula is C30H42N4O6. The number of hydrogen-bond donors (Lipinski definition) is 2. The highest BCUT2D eigenvalue weighted by molar-refractivity contribution is 5.76. The second kappa shape index (κ2) is 13.2. The van der Waals surface area contributed by atoms with Crippen molar-refractivity contribution in [3.63, 3.8) is 0 Å². The molecule has 4 heterocycles. The van der Waals surface area contributed by atoms with E-state index in [0.717, 1.165) is 34.5 Å². The third-order valence-corrected chi connectivity index (χ3v) is 6.19. The lowest BCUT2D eigenvalue weighted by atomic mass is 10.0. The molecule has 1 unspecified atom stereocenters. The van der Waals surface area contributed by atoms with E-state index in [1.165, 1.54) is 0 Å². The van der Waals surface area contributed by atoms with Crippen molar-refractivity contribution in [2.75, 3.05) is 26.2 Å². The Labute approximate surface area is 236 Å². The summed E-state index contributed by atoms with van der Waals surface area (Å²) in [6.45, 7) is 13.5. The topological polar surface area (TPSA) is 125 Å². The normalized spacial score (nSPS) is 17.2. The molecule has 1 fully saturated rings. The average Bonchev–Trinajstić information content (AvgIpc) is 3.58. The van der Waals surface area contributed by atoms with Crippen LogP contribution in [0, 0.1) is 0 Å². The molecule has 1 saturated heterocycles. The molecule has 10 nitrogen and oxygen atoms in total. The van der Waals surface area contributed by atoms with Crippen molar-refractivity contribution in [3.05, 3.63) is 65.2 Å². The Morgan fingerprint density at radius 3 is 2.08 bits per heavy atom. The smallest absolute Gasteiger partial charge is 0.410 e. The van der Waals surface area contributed by atoms with Gasteiger partial charge < -0.3 is 29.5 Å². The largest absolute Gasteiger partial charge is 0.444 e. The number of carbonyl (C=O) groups is 2. The first-order chi connectivity index (χ1) is 18.8. The molecule has 2 aliphatic rings. The maximum absolute atomic E-state index is 12.0. The molecule has 2 amide bonds. The number of carbonyl (C=O) groups excluding carboxylic acids is 2. The fourth-order valence-corrected chi connectivity index (χ4v) is 4.26. The van der Waals surface area contributed by atoms with Crippen LogP contribution < -0.4 is 0 Å². The summed E-state index contributed by atoms with van der Waals surface area (Å²) in [4.78, 5) is 36.0. The number of ether oxygens (including phenoxy) is 2. The molecule has 0 spiro atoms. The van der Waals surface area contributed by atoms with Crippen LogP contribution in [0.25, 0.3) is 5.57 Å². The molecule has 2 N–H and O–H groups in total. The molecule has 40 heavy (non-hydrogen) atoms. The molecule has 2 aromatic heterocycles. The van der Waals surface area contributed by atoms with E-state index in [1.54, 1.807) is 34.3 Å².